The highest BCUT2D eigenvalue weighted by atomic mass is 35.5. The zero-order chi connectivity index (χ0) is 17.7. The van der Waals surface area contributed by atoms with Crippen molar-refractivity contribution in [3.8, 4) is 0 Å². The highest BCUT2D eigenvalue weighted by Gasteiger charge is 2.26. The molecule has 2 atom stereocenters. The van der Waals surface area contributed by atoms with E-state index in [1.54, 1.807) is 4.90 Å². The monoisotopic (exact) mass is 355 g/mol. The predicted molar refractivity (Wildman–Crippen MR) is 88.0 cm³/mol. The zero-order valence-electron chi connectivity index (χ0n) is 13.5. The lowest BCUT2D eigenvalue weighted by atomic mass is 10.2. The van der Waals surface area contributed by atoms with E-state index in [2.05, 4.69) is 0 Å². The summed E-state index contributed by atoms with van der Waals surface area (Å²) in [4.78, 5) is 25.4. The second-order valence-corrected chi connectivity index (χ2v) is 6.08. The number of ether oxygens (including phenoxy) is 2. The van der Waals surface area contributed by atoms with Gasteiger partial charge in [-0.05, 0) is 37.6 Å². The minimum atomic E-state index is -0.654. The van der Waals surface area contributed by atoms with Crippen molar-refractivity contribution in [3.05, 3.63) is 40.7 Å². The number of benzene rings is 1. The molecule has 0 spiro atoms. The van der Waals surface area contributed by atoms with Crippen LogP contribution in [0.25, 0.3) is 6.08 Å². The molecule has 0 unspecified atom stereocenters. The molecular weight excluding hydrogens is 337 g/mol. The fourth-order valence-electron chi connectivity index (χ4n) is 2.43. The first-order valence-corrected chi connectivity index (χ1v) is 7.96. The van der Waals surface area contributed by atoms with Crippen LogP contribution in [0.4, 0.5) is 4.39 Å². The molecular formula is C17H19ClFNO4. The van der Waals surface area contributed by atoms with E-state index in [0.717, 1.165) is 0 Å². The molecule has 0 N–H and O–H groups in total. The first-order chi connectivity index (χ1) is 11.3. The second-order valence-electron chi connectivity index (χ2n) is 5.67. The molecule has 24 heavy (non-hydrogen) atoms. The molecule has 7 heteroatoms. The number of hydrogen-bond acceptors (Lipinski definition) is 4. The fourth-order valence-corrected chi connectivity index (χ4v) is 2.62. The molecule has 0 saturated carbocycles. The molecule has 0 bridgehead atoms. The average molecular weight is 356 g/mol. The van der Waals surface area contributed by atoms with E-state index in [0.29, 0.717) is 18.7 Å². The summed E-state index contributed by atoms with van der Waals surface area (Å²) in [6, 6.07) is 4.08. The summed E-state index contributed by atoms with van der Waals surface area (Å²) in [6.07, 6.45) is 2.52. The summed E-state index contributed by atoms with van der Waals surface area (Å²) in [5, 5.41) is -0.0312. The van der Waals surface area contributed by atoms with Crippen LogP contribution in [0.1, 0.15) is 19.4 Å². The third-order valence-corrected chi connectivity index (χ3v) is 3.76. The largest absolute Gasteiger partial charge is 0.452 e. The molecule has 1 aliphatic rings. The highest BCUT2D eigenvalue weighted by molar-refractivity contribution is 6.30. The van der Waals surface area contributed by atoms with Gasteiger partial charge >= 0.3 is 5.97 Å². The molecule has 1 aliphatic heterocycles. The topological polar surface area (TPSA) is 55.8 Å². The summed E-state index contributed by atoms with van der Waals surface area (Å²) in [6.45, 7) is 4.40. The molecule has 130 valence electrons. The SMILES string of the molecule is C[C@@H]1CN(C(=O)COC(=O)/C=C/c2ccc(F)c(Cl)c2)C[C@@H](C)O1. The molecule has 2 rings (SSSR count). The van der Waals surface area contributed by atoms with Gasteiger partial charge in [-0.1, -0.05) is 17.7 Å². The van der Waals surface area contributed by atoms with E-state index in [1.165, 1.54) is 30.4 Å². The Balaban J connectivity index is 1.83. The van der Waals surface area contributed by atoms with Gasteiger partial charge in [-0.25, -0.2) is 9.18 Å². The Kier molecular flexibility index (Phi) is 6.34. The third-order valence-electron chi connectivity index (χ3n) is 3.47. The minimum absolute atomic E-state index is 0.0312. The summed E-state index contributed by atoms with van der Waals surface area (Å²) in [5.41, 5.74) is 0.556. The lowest BCUT2D eigenvalue weighted by Crippen LogP contribution is -2.49. The maximum atomic E-state index is 13.0. The van der Waals surface area contributed by atoms with Crippen molar-refractivity contribution in [2.75, 3.05) is 19.7 Å². The van der Waals surface area contributed by atoms with E-state index in [9.17, 15) is 14.0 Å². The normalized spacial score (nSPS) is 21.1. The summed E-state index contributed by atoms with van der Waals surface area (Å²) in [5.74, 6) is -1.45. The van der Waals surface area contributed by atoms with Crippen molar-refractivity contribution >= 4 is 29.6 Å². The van der Waals surface area contributed by atoms with Crippen molar-refractivity contribution < 1.29 is 23.5 Å². The Morgan fingerprint density at radius 2 is 2.04 bits per heavy atom. The van der Waals surface area contributed by atoms with Crippen molar-refractivity contribution in [1.29, 1.82) is 0 Å². The molecule has 1 fully saturated rings. The first kappa shape index (κ1) is 18.4. The summed E-state index contributed by atoms with van der Waals surface area (Å²) >= 11 is 5.66. The maximum absolute atomic E-state index is 13.0. The fraction of sp³-hybridized carbons (Fsp3) is 0.412. The van der Waals surface area contributed by atoms with Gasteiger partial charge in [-0.2, -0.15) is 0 Å². The van der Waals surface area contributed by atoms with Crippen LogP contribution in [0.2, 0.25) is 5.02 Å². The average Bonchev–Trinajstić information content (AvgIpc) is 2.52. The standard InChI is InChI=1S/C17H19ClFNO4/c1-11-8-20(9-12(2)24-11)16(21)10-23-17(22)6-4-13-3-5-15(19)14(18)7-13/h3-7,11-12H,8-10H2,1-2H3/b6-4+/t11-,12-/m1/s1. The number of rotatable bonds is 4. The van der Waals surface area contributed by atoms with Gasteiger partial charge in [0, 0.05) is 19.2 Å². The van der Waals surface area contributed by atoms with Gasteiger partial charge in [0.05, 0.1) is 17.2 Å². The maximum Gasteiger partial charge on any atom is 0.331 e. The molecule has 0 radical (unpaired) electrons. The van der Waals surface area contributed by atoms with Gasteiger partial charge in [-0.15, -0.1) is 0 Å². The lowest BCUT2D eigenvalue weighted by molar-refractivity contribution is -0.154. The number of halogens is 2. The molecule has 0 aromatic heterocycles. The predicted octanol–water partition coefficient (Wildman–Crippen LogP) is 2.67. The number of carbonyl (C=O) groups excluding carboxylic acids is 2. The van der Waals surface area contributed by atoms with Crippen LogP contribution in [-0.4, -0.2) is 48.7 Å². The van der Waals surface area contributed by atoms with Crippen molar-refractivity contribution in [1.82, 2.24) is 4.90 Å². The summed E-state index contributed by atoms with van der Waals surface area (Å²) < 4.78 is 23.5. The lowest BCUT2D eigenvalue weighted by Gasteiger charge is -2.35. The van der Waals surface area contributed by atoms with Crippen molar-refractivity contribution in [2.45, 2.75) is 26.1 Å². The van der Waals surface area contributed by atoms with Gasteiger partial charge in [0.2, 0.25) is 0 Å². The Morgan fingerprint density at radius 3 is 2.67 bits per heavy atom. The quantitative estimate of drug-likeness (QED) is 0.615. The van der Waals surface area contributed by atoms with E-state index in [-0.39, 0.29) is 29.7 Å². The van der Waals surface area contributed by atoms with Crippen LogP contribution in [0.5, 0.6) is 0 Å². The minimum Gasteiger partial charge on any atom is -0.452 e. The van der Waals surface area contributed by atoms with Crippen LogP contribution in [0.3, 0.4) is 0 Å². The Labute approximate surface area is 145 Å². The number of nitrogens with zero attached hydrogens (tertiary/aromatic N) is 1. The molecule has 1 aromatic carbocycles. The number of carbonyl (C=O) groups is 2. The van der Waals surface area contributed by atoms with Crippen LogP contribution in [0, 0.1) is 5.82 Å². The first-order valence-electron chi connectivity index (χ1n) is 7.58. The van der Waals surface area contributed by atoms with Crippen molar-refractivity contribution in [2.24, 2.45) is 0 Å². The van der Waals surface area contributed by atoms with E-state index < -0.39 is 11.8 Å². The number of amides is 1. The van der Waals surface area contributed by atoms with Gasteiger partial charge < -0.3 is 14.4 Å². The van der Waals surface area contributed by atoms with Crippen LogP contribution in [0.15, 0.2) is 24.3 Å². The van der Waals surface area contributed by atoms with Crippen molar-refractivity contribution in [3.63, 3.8) is 0 Å². The second kappa shape index (κ2) is 8.26. The van der Waals surface area contributed by atoms with E-state index >= 15 is 0 Å². The Bertz CT molecular complexity index is 639. The Hall–Kier alpha value is -1.92. The molecule has 1 aromatic rings. The van der Waals surface area contributed by atoms with E-state index in [4.69, 9.17) is 21.1 Å². The molecule has 1 saturated heterocycles. The Morgan fingerprint density at radius 1 is 1.38 bits per heavy atom. The van der Waals surface area contributed by atoms with Crippen LogP contribution < -0.4 is 0 Å². The molecule has 1 amide bonds. The highest BCUT2D eigenvalue weighted by Crippen LogP contribution is 2.17. The summed E-state index contributed by atoms with van der Waals surface area (Å²) in [7, 11) is 0. The smallest absolute Gasteiger partial charge is 0.331 e. The molecule has 1 heterocycles. The molecule has 0 aliphatic carbocycles. The number of hydrogen-bond donors (Lipinski definition) is 0. The van der Waals surface area contributed by atoms with Gasteiger partial charge in [0.15, 0.2) is 6.61 Å². The zero-order valence-corrected chi connectivity index (χ0v) is 14.3. The number of morpholine rings is 1. The number of esters is 1. The third kappa shape index (κ3) is 5.32. The van der Waals surface area contributed by atoms with Gasteiger partial charge in [0.25, 0.3) is 5.91 Å². The van der Waals surface area contributed by atoms with Crippen LogP contribution >= 0.6 is 11.6 Å². The van der Waals surface area contributed by atoms with E-state index in [1.807, 2.05) is 13.8 Å². The van der Waals surface area contributed by atoms with Crippen LogP contribution in [-0.2, 0) is 19.1 Å². The van der Waals surface area contributed by atoms with Gasteiger partial charge in [-0.3, -0.25) is 4.79 Å². The molecule has 5 nitrogen and oxygen atoms in total. The van der Waals surface area contributed by atoms with Gasteiger partial charge in [0.1, 0.15) is 5.82 Å².